The van der Waals surface area contributed by atoms with Gasteiger partial charge in [-0.1, -0.05) is 39.7 Å². The molecule has 9 heteroatoms. The Kier molecular flexibility index (Phi) is 5.15. The molecule has 0 aliphatic heterocycles. The Labute approximate surface area is 161 Å². The zero-order valence-electron chi connectivity index (χ0n) is 13.5. The van der Waals surface area contributed by atoms with Crippen LogP contribution in [0.15, 0.2) is 42.5 Å². The van der Waals surface area contributed by atoms with E-state index in [0.717, 1.165) is 0 Å². The lowest BCUT2D eigenvalue weighted by Crippen LogP contribution is -2.11. The average Bonchev–Trinajstić information content (AvgIpc) is 3.01. The van der Waals surface area contributed by atoms with E-state index in [9.17, 15) is 14.9 Å². The maximum absolute atomic E-state index is 13.1. The normalized spacial score (nSPS) is 10.7. The first-order valence-corrected chi connectivity index (χ1v) is 8.99. The Balaban J connectivity index is 2.27. The summed E-state index contributed by atoms with van der Waals surface area (Å²) in [5.74, 6) is 0.717. The van der Waals surface area contributed by atoms with Crippen molar-refractivity contribution < 1.29 is 9.72 Å². The molecule has 0 saturated heterocycles. The highest BCUT2D eigenvalue weighted by molar-refractivity contribution is 9.08. The molecule has 0 atom stereocenters. The molecule has 0 N–H and O–H groups in total. The topological polar surface area (TPSA) is 90.9 Å². The highest BCUT2D eigenvalue weighted by Gasteiger charge is 2.23. The number of halogens is 2. The third kappa shape index (κ3) is 3.25. The van der Waals surface area contributed by atoms with Gasteiger partial charge in [-0.2, -0.15) is 0 Å². The van der Waals surface area contributed by atoms with E-state index >= 15 is 0 Å². The number of rotatable bonds is 5. The van der Waals surface area contributed by atoms with E-state index in [4.69, 9.17) is 11.6 Å². The molecular formula is C17H12BrClN4O3. The molecule has 0 bridgehead atoms. The fourth-order valence-electron chi connectivity index (χ4n) is 2.61. The van der Waals surface area contributed by atoms with Crippen LogP contribution < -0.4 is 0 Å². The summed E-state index contributed by atoms with van der Waals surface area (Å²) >= 11 is 9.48. The fourth-order valence-corrected chi connectivity index (χ4v) is 3.20. The van der Waals surface area contributed by atoms with Crippen molar-refractivity contribution in [2.24, 2.45) is 0 Å². The van der Waals surface area contributed by atoms with Gasteiger partial charge >= 0.3 is 0 Å². The fraction of sp³-hybridized carbons (Fsp3) is 0.118. The van der Waals surface area contributed by atoms with Gasteiger partial charge in [-0.25, -0.2) is 0 Å². The molecule has 0 fully saturated rings. The third-order valence-electron chi connectivity index (χ3n) is 3.81. The van der Waals surface area contributed by atoms with Crippen LogP contribution in [0.25, 0.3) is 5.69 Å². The van der Waals surface area contributed by atoms with Crippen LogP contribution in [0.1, 0.15) is 27.6 Å². The summed E-state index contributed by atoms with van der Waals surface area (Å²) in [6.45, 7) is 1.74. The second-order valence-electron chi connectivity index (χ2n) is 5.40. The van der Waals surface area contributed by atoms with Crippen LogP contribution in [-0.2, 0) is 5.33 Å². The number of carbonyl (C=O) groups is 1. The molecule has 0 saturated carbocycles. The molecule has 132 valence electrons. The standard InChI is InChI=1S/C17H12BrClN4O3/c1-10-20-21-16(9-18)22(10)15-7-6-11(23(25)26)8-13(15)17(24)12-4-2-3-5-14(12)19/h2-8H,9H2,1H3. The molecule has 0 unspecified atom stereocenters. The number of carbonyl (C=O) groups excluding carboxylic acids is 1. The maximum atomic E-state index is 13.1. The molecule has 26 heavy (non-hydrogen) atoms. The molecule has 0 aliphatic rings. The molecule has 3 rings (SSSR count). The number of aromatic nitrogens is 3. The number of aryl methyl sites for hydroxylation is 1. The minimum Gasteiger partial charge on any atom is -0.288 e. The summed E-state index contributed by atoms with van der Waals surface area (Å²) in [5, 5.41) is 20.0. The molecule has 1 heterocycles. The predicted octanol–water partition coefficient (Wildman–Crippen LogP) is 4.26. The van der Waals surface area contributed by atoms with Gasteiger partial charge in [0.2, 0.25) is 0 Å². The van der Waals surface area contributed by atoms with Crippen molar-refractivity contribution in [2.75, 3.05) is 0 Å². The first-order valence-electron chi connectivity index (χ1n) is 7.49. The number of nitro benzene ring substituents is 1. The van der Waals surface area contributed by atoms with Crippen molar-refractivity contribution in [3.63, 3.8) is 0 Å². The van der Waals surface area contributed by atoms with Crippen molar-refractivity contribution in [3.05, 3.63) is 80.4 Å². The Morgan fingerprint density at radius 1 is 1.23 bits per heavy atom. The minimum atomic E-state index is -0.544. The van der Waals surface area contributed by atoms with E-state index in [1.807, 2.05) is 0 Å². The van der Waals surface area contributed by atoms with Crippen molar-refractivity contribution >= 4 is 39.0 Å². The van der Waals surface area contributed by atoms with Gasteiger partial charge in [0.1, 0.15) is 11.6 Å². The second-order valence-corrected chi connectivity index (χ2v) is 6.37. The lowest BCUT2D eigenvalue weighted by atomic mass is 10.0. The van der Waals surface area contributed by atoms with E-state index in [-0.39, 0.29) is 21.8 Å². The van der Waals surface area contributed by atoms with Crippen LogP contribution in [0.4, 0.5) is 5.69 Å². The minimum absolute atomic E-state index is 0.150. The second kappa shape index (κ2) is 7.35. The zero-order chi connectivity index (χ0) is 18.8. The number of nitro groups is 1. The molecule has 0 spiro atoms. The molecule has 3 aromatic rings. The van der Waals surface area contributed by atoms with Crippen molar-refractivity contribution in [2.45, 2.75) is 12.3 Å². The summed E-state index contributed by atoms with van der Waals surface area (Å²) in [4.78, 5) is 23.7. The van der Waals surface area contributed by atoms with Gasteiger partial charge in [0, 0.05) is 17.7 Å². The van der Waals surface area contributed by atoms with Gasteiger partial charge in [-0.3, -0.25) is 19.5 Å². The average molecular weight is 436 g/mol. The van der Waals surface area contributed by atoms with Gasteiger partial charge in [-0.05, 0) is 25.1 Å². The maximum Gasteiger partial charge on any atom is 0.270 e. The van der Waals surface area contributed by atoms with Crippen LogP contribution in [0, 0.1) is 17.0 Å². The SMILES string of the molecule is Cc1nnc(CBr)n1-c1ccc([N+](=O)[O-])cc1C(=O)c1ccccc1Cl. The highest BCUT2D eigenvalue weighted by Crippen LogP contribution is 2.28. The molecule has 1 aromatic heterocycles. The Morgan fingerprint density at radius 3 is 2.62 bits per heavy atom. The number of nitrogens with zero attached hydrogens (tertiary/aromatic N) is 4. The largest absolute Gasteiger partial charge is 0.288 e. The summed E-state index contributed by atoms with van der Waals surface area (Å²) < 4.78 is 1.68. The van der Waals surface area contributed by atoms with Gasteiger partial charge < -0.3 is 0 Å². The van der Waals surface area contributed by atoms with E-state index < -0.39 is 10.7 Å². The number of ketones is 1. The highest BCUT2D eigenvalue weighted by atomic mass is 79.9. The summed E-state index contributed by atoms with van der Waals surface area (Å²) in [5.41, 5.74) is 0.687. The number of non-ortho nitro benzene ring substituents is 1. The van der Waals surface area contributed by atoms with Crippen molar-refractivity contribution in [3.8, 4) is 5.69 Å². The summed E-state index contributed by atoms with van der Waals surface area (Å²) in [6, 6.07) is 10.7. The van der Waals surface area contributed by atoms with Crippen LogP contribution in [-0.4, -0.2) is 25.5 Å². The van der Waals surface area contributed by atoms with Gasteiger partial charge in [0.25, 0.3) is 5.69 Å². The third-order valence-corrected chi connectivity index (χ3v) is 4.64. The lowest BCUT2D eigenvalue weighted by molar-refractivity contribution is -0.384. The van der Waals surface area contributed by atoms with Crippen LogP contribution in [0.5, 0.6) is 0 Å². The van der Waals surface area contributed by atoms with Crippen LogP contribution in [0.3, 0.4) is 0 Å². The Bertz CT molecular complexity index is 1020. The van der Waals surface area contributed by atoms with Gasteiger partial charge in [-0.15, -0.1) is 10.2 Å². The summed E-state index contributed by atoms with van der Waals surface area (Å²) in [7, 11) is 0. The van der Waals surface area contributed by atoms with E-state index in [0.29, 0.717) is 22.7 Å². The predicted molar refractivity (Wildman–Crippen MR) is 100 cm³/mol. The monoisotopic (exact) mass is 434 g/mol. The smallest absolute Gasteiger partial charge is 0.270 e. The van der Waals surface area contributed by atoms with E-state index in [2.05, 4.69) is 26.1 Å². The zero-order valence-corrected chi connectivity index (χ0v) is 15.9. The molecule has 0 aliphatic carbocycles. The molecular weight excluding hydrogens is 424 g/mol. The summed E-state index contributed by atoms with van der Waals surface area (Å²) in [6.07, 6.45) is 0. The van der Waals surface area contributed by atoms with Crippen LogP contribution >= 0.6 is 27.5 Å². The van der Waals surface area contributed by atoms with Crippen LogP contribution in [0.2, 0.25) is 5.02 Å². The van der Waals surface area contributed by atoms with Gasteiger partial charge in [0.05, 0.1) is 26.5 Å². The number of hydrogen-bond donors (Lipinski definition) is 0. The first-order chi connectivity index (χ1) is 12.4. The van der Waals surface area contributed by atoms with Crippen molar-refractivity contribution in [1.29, 1.82) is 0 Å². The number of benzene rings is 2. The number of hydrogen-bond acceptors (Lipinski definition) is 5. The number of alkyl halides is 1. The molecule has 0 amide bonds. The quantitative estimate of drug-likeness (QED) is 0.258. The molecule has 0 radical (unpaired) electrons. The Morgan fingerprint density at radius 2 is 1.96 bits per heavy atom. The lowest BCUT2D eigenvalue weighted by Gasteiger charge is -2.13. The van der Waals surface area contributed by atoms with E-state index in [1.54, 1.807) is 35.8 Å². The van der Waals surface area contributed by atoms with Gasteiger partial charge in [0.15, 0.2) is 5.78 Å². The first kappa shape index (κ1) is 18.2. The Hall–Kier alpha value is -2.58. The van der Waals surface area contributed by atoms with Crippen molar-refractivity contribution in [1.82, 2.24) is 14.8 Å². The van der Waals surface area contributed by atoms with E-state index in [1.165, 1.54) is 18.2 Å². The molecule has 7 nitrogen and oxygen atoms in total. The molecule has 2 aromatic carbocycles.